The van der Waals surface area contributed by atoms with Crippen molar-refractivity contribution >= 4 is 40.4 Å². The van der Waals surface area contributed by atoms with Crippen LogP contribution in [0.3, 0.4) is 0 Å². The number of hydrogen-bond donors (Lipinski definition) is 1. The zero-order valence-electron chi connectivity index (χ0n) is 19.6. The molecule has 0 aliphatic carbocycles. The fourth-order valence-corrected chi connectivity index (χ4v) is 4.32. The fraction of sp³-hybridized carbons (Fsp3) is 0.179. The molecular formula is C28H27N4O2+. The van der Waals surface area contributed by atoms with E-state index in [1.54, 1.807) is 7.11 Å². The molecule has 3 aromatic carbocycles. The van der Waals surface area contributed by atoms with Crippen molar-refractivity contribution in [2.45, 2.75) is 6.54 Å². The molecule has 1 aromatic heterocycles. The van der Waals surface area contributed by atoms with E-state index in [9.17, 15) is 4.91 Å². The monoisotopic (exact) mass is 451 g/mol. The number of nitrogens with one attached hydrogen (secondary N) is 1. The number of nitrogens with zero attached hydrogens (tertiary/aromatic N) is 3. The van der Waals surface area contributed by atoms with E-state index in [0.29, 0.717) is 12.2 Å². The van der Waals surface area contributed by atoms with E-state index in [4.69, 9.17) is 4.74 Å². The van der Waals surface area contributed by atoms with Crippen LogP contribution in [-0.4, -0.2) is 47.6 Å². The summed E-state index contributed by atoms with van der Waals surface area (Å²) in [5, 5.41) is 8.69. The van der Waals surface area contributed by atoms with Crippen molar-refractivity contribution in [3.05, 3.63) is 93.5 Å². The number of aromatic amines is 1. The van der Waals surface area contributed by atoms with Crippen molar-refractivity contribution < 1.29 is 9.50 Å². The average Bonchev–Trinajstić information content (AvgIpc) is 3.38. The highest BCUT2D eigenvalue weighted by Gasteiger charge is 2.32. The molecule has 6 heteroatoms. The average molecular weight is 452 g/mol. The van der Waals surface area contributed by atoms with Crippen molar-refractivity contribution in [1.29, 1.82) is 0 Å². The lowest BCUT2D eigenvalue weighted by molar-refractivity contribution is -0.441. The van der Waals surface area contributed by atoms with Crippen LogP contribution in [0.5, 0.6) is 5.75 Å². The number of benzene rings is 3. The first-order valence-corrected chi connectivity index (χ1v) is 11.2. The highest BCUT2D eigenvalue weighted by atomic mass is 16.5. The van der Waals surface area contributed by atoms with Crippen LogP contribution in [0.15, 0.2) is 60.7 Å². The van der Waals surface area contributed by atoms with Gasteiger partial charge in [0, 0.05) is 33.2 Å². The first kappa shape index (κ1) is 21.8. The number of nitroso groups, excluding NO2 is 1. The molecule has 1 N–H and O–H groups in total. The van der Waals surface area contributed by atoms with Gasteiger partial charge in [-0.1, -0.05) is 36.4 Å². The van der Waals surface area contributed by atoms with Gasteiger partial charge in [-0.2, -0.15) is 5.10 Å². The van der Waals surface area contributed by atoms with Gasteiger partial charge in [0.1, 0.15) is 5.75 Å². The number of H-pyrrole nitrogens is 1. The summed E-state index contributed by atoms with van der Waals surface area (Å²) in [6.07, 6.45) is 6.17. The van der Waals surface area contributed by atoms with Crippen LogP contribution < -0.4 is 4.74 Å². The molecule has 0 fully saturated rings. The van der Waals surface area contributed by atoms with Gasteiger partial charge in [0.2, 0.25) is 6.54 Å². The summed E-state index contributed by atoms with van der Waals surface area (Å²) in [5.74, 6) is 0.743. The Kier molecular flexibility index (Phi) is 5.82. The minimum atomic E-state index is 0.324. The van der Waals surface area contributed by atoms with Crippen molar-refractivity contribution in [2.75, 3.05) is 27.7 Å². The molecule has 0 atom stereocenters. The lowest BCUT2D eigenvalue weighted by Crippen LogP contribution is -2.10. The van der Waals surface area contributed by atoms with Gasteiger partial charge in [-0.05, 0) is 67.2 Å². The molecule has 1 aliphatic rings. The molecule has 4 aromatic rings. The molecule has 5 rings (SSSR count). The highest BCUT2D eigenvalue weighted by Crippen LogP contribution is 2.37. The molecule has 0 spiro atoms. The van der Waals surface area contributed by atoms with Crippen LogP contribution in [0, 0.1) is 4.91 Å². The van der Waals surface area contributed by atoms with E-state index in [1.807, 2.05) is 24.3 Å². The lowest BCUT2D eigenvalue weighted by Gasteiger charge is -2.09. The van der Waals surface area contributed by atoms with E-state index < -0.39 is 0 Å². The van der Waals surface area contributed by atoms with E-state index in [1.165, 1.54) is 5.56 Å². The van der Waals surface area contributed by atoms with Gasteiger partial charge in [-0.15, -0.1) is 0 Å². The summed E-state index contributed by atoms with van der Waals surface area (Å²) in [7, 11) is 5.77. The number of fused-ring (bicyclic) bond motifs is 2. The Morgan fingerprint density at radius 3 is 2.59 bits per heavy atom. The zero-order chi connectivity index (χ0) is 23.7. The smallest absolute Gasteiger partial charge is 0.264 e. The molecule has 0 unspecified atom stereocenters. The van der Waals surface area contributed by atoms with Crippen LogP contribution in [-0.2, 0) is 6.54 Å². The molecule has 0 saturated carbocycles. The number of aromatic nitrogens is 2. The summed E-state index contributed by atoms with van der Waals surface area (Å²) in [4.78, 5) is 14.5. The van der Waals surface area contributed by atoms with Gasteiger partial charge >= 0.3 is 0 Å². The first-order valence-electron chi connectivity index (χ1n) is 11.2. The van der Waals surface area contributed by atoms with Gasteiger partial charge in [0.05, 0.1) is 23.9 Å². The molecule has 6 nitrogen and oxygen atoms in total. The summed E-state index contributed by atoms with van der Waals surface area (Å²) < 4.78 is 6.36. The zero-order valence-corrected chi connectivity index (χ0v) is 19.6. The van der Waals surface area contributed by atoms with Crippen molar-refractivity contribution in [1.82, 2.24) is 15.1 Å². The maximum absolute atomic E-state index is 12.3. The summed E-state index contributed by atoms with van der Waals surface area (Å²) in [6.45, 7) is 1.25. The fourth-order valence-electron chi connectivity index (χ4n) is 4.32. The van der Waals surface area contributed by atoms with Gasteiger partial charge in [-0.25, -0.2) is 0 Å². The second-order valence-electron chi connectivity index (χ2n) is 8.82. The van der Waals surface area contributed by atoms with Crippen molar-refractivity contribution in [3.8, 4) is 5.75 Å². The quantitative estimate of drug-likeness (QED) is 0.378. The van der Waals surface area contributed by atoms with Gasteiger partial charge in [0.15, 0.2) is 0 Å². The second-order valence-corrected chi connectivity index (χ2v) is 8.82. The van der Waals surface area contributed by atoms with E-state index in [2.05, 4.69) is 83.8 Å². The number of rotatable bonds is 6. The predicted octanol–water partition coefficient (Wildman–Crippen LogP) is 5.77. The Morgan fingerprint density at radius 2 is 1.82 bits per heavy atom. The minimum absolute atomic E-state index is 0.324. The summed E-state index contributed by atoms with van der Waals surface area (Å²) >= 11 is 0. The van der Waals surface area contributed by atoms with Crippen LogP contribution in [0.1, 0.15) is 27.9 Å². The van der Waals surface area contributed by atoms with E-state index in [-0.39, 0.29) is 0 Å². The van der Waals surface area contributed by atoms with Crippen LogP contribution in [0.2, 0.25) is 0 Å². The molecule has 2 heterocycles. The normalized spacial score (nSPS) is 14.6. The molecule has 0 amide bonds. The van der Waals surface area contributed by atoms with Gasteiger partial charge in [0.25, 0.3) is 5.69 Å². The maximum atomic E-state index is 12.3. The van der Waals surface area contributed by atoms with Gasteiger partial charge in [-0.3, -0.25) is 5.10 Å². The molecule has 170 valence electrons. The van der Waals surface area contributed by atoms with Crippen molar-refractivity contribution in [3.63, 3.8) is 0 Å². The molecule has 0 radical (unpaired) electrons. The van der Waals surface area contributed by atoms with Crippen LogP contribution >= 0.6 is 0 Å². The second kappa shape index (κ2) is 9.08. The molecular weight excluding hydrogens is 424 g/mol. The number of methoxy groups -OCH3 is 1. The predicted molar refractivity (Wildman–Crippen MR) is 138 cm³/mol. The topological polar surface area (TPSA) is 61.2 Å². The molecule has 0 bridgehead atoms. The summed E-state index contributed by atoms with van der Waals surface area (Å²) in [5.41, 5.74) is 7.86. The molecule has 1 aliphatic heterocycles. The summed E-state index contributed by atoms with van der Waals surface area (Å²) in [6, 6.07) is 20.3. The minimum Gasteiger partial charge on any atom is -0.497 e. The third-order valence-electron chi connectivity index (χ3n) is 6.00. The molecule has 34 heavy (non-hydrogen) atoms. The van der Waals surface area contributed by atoms with E-state index in [0.717, 1.165) is 55.9 Å². The maximum Gasteiger partial charge on any atom is 0.264 e. The Balaban J connectivity index is 1.39. The Morgan fingerprint density at radius 1 is 1.03 bits per heavy atom. The van der Waals surface area contributed by atoms with Crippen LogP contribution in [0.25, 0.3) is 34.7 Å². The van der Waals surface area contributed by atoms with Gasteiger partial charge < -0.3 is 9.64 Å². The Labute approximate surface area is 198 Å². The molecule has 0 saturated heterocycles. The van der Waals surface area contributed by atoms with Crippen molar-refractivity contribution in [2.24, 2.45) is 0 Å². The van der Waals surface area contributed by atoms with E-state index >= 15 is 0 Å². The standard InChI is InChI=1S/C28H27N4O2/c1-31(2)17-20-6-4-19(5-7-20)9-12-26-24-11-8-21(15-27(24)30-29-26)14-22-18-32(33)28-13-10-23(34-3)16-25(22)28/h4-16H,17-18H2,1-3H3,(H,29,30)/q+1/b12-9?,22-14+. The first-order chi connectivity index (χ1) is 16.5. The highest BCUT2D eigenvalue weighted by molar-refractivity contribution is 5.93. The third-order valence-corrected chi connectivity index (χ3v) is 6.00. The van der Waals surface area contributed by atoms with Crippen LogP contribution in [0.4, 0.5) is 5.69 Å². The number of ether oxygens (including phenoxy) is 1. The number of hydrogen-bond acceptors (Lipinski definition) is 4. The lowest BCUT2D eigenvalue weighted by atomic mass is 10.0. The SMILES string of the molecule is COc1ccc2c(c1)/C(=C/c1ccc3c(C=Cc4ccc(CN(C)C)cc4)n[nH]c3c1)C[N+]2=O. The largest absolute Gasteiger partial charge is 0.497 e. The Hall–Kier alpha value is -4.03. The Bertz CT molecular complexity index is 1430. The third kappa shape index (κ3) is 4.40.